The lowest BCUT2D eigenvalue weighted by Crippen LogP contribution is -2.53. The van der Waals surface area contributed by atoms with Crippen LogP contribution in [0, 0.1) is 11.3 Å². The predicted molar refractivity (Wildman–Crippen MR) is 88.0 cm³/mol. The SMILES string of the molecule is CC(C)OC1(CNC(=O)N2C[C@@H]3CS(=O)(=O)C[C@]3(C)C2)CCC1. The Morgan fingerprint density at radius 2 is 2.09 bits per heavy atom. The number of amides is 2. The largest absolute Gasteiger partial charge is 0.371 e. The Kier molecular flexibility index (Phi) is 4.16. The summed E-state index contributed by atoms with van der Waals surface area (Å²) in [4.78, 5) is 14.2. The molecule has 2 atom stereocenters. The van der Waals surface area contributed by atoms with E-state index in [0.29, 0.717) is 19.6 Å². The molecule has 2 amide bonds. The molecule has 1 N–H and O–H groups in total. The number of hydrogen-bond acceptors (Lipinski definition) is 4. The first-order valence-corrected chi connectivity index (χ1v) is 10.4. The minimum atomic E-state index is -2.94. The number of carbonyl (C=O) groups excluding carboxylic acids is 1. The van der Waals surface area contributed by atoms with Gasteiger partial charge in [0.2, 0.25) is 0 Å². The van der Waals surface area contributed by atoms with Crippen molar-refractivity contribution in [2.24, 2.45) is 11.3 Å². The van der Waals surface area contributed by atoms with E-state index >= 15 is 0 Å². The fourth-order valence-electron chi connectivity index (χ4n) is 4.31. The second-order valence-corrected chi connectivity index (χ2v) is 10.3. The third kappa shape index (κ3) is 3.36. The minimum Gasteiger partial charge on any atom is -0.371 e. The van der Waals surface area contributed by atoms with Gasteiger partial charge in [-0.2, -0.15) is 0 Å². The first kappa shape index (κ1) is 17.0. The molecule has 132 valence electrons. The van der Waals surface area contributed by atoms with Gasteiger partial charge in [0.1, 0.15) is 0 Å². The molecule has 0 spiro atoms. The van der Waals surface area contributed by atoms with Gasteiger partial charge in [-0.25, -0.2) is 13.2 Å². The molecular formula is C16H28N2O4S. The highest BCUT2D eigenvalue weighted by Crippen LogP contribution is 2.43. The lowest BCUT2D eigenvalue weighted by atomic mass is 9.79. The summed E-state index contributed by atoms with van der Waals surface area (Å²) >= 11 is 0. The molecule has 2 aliphatic heterocycles. The van der Waals surface area contributed by atoms with E-state index in [-0.39, 0.29) is 40.6 Å². The predicted octanol–water partition coefficient (Wildman–Crippen LogP) is 1.41. The van der Waals surface area contributed by atoms with E-state index in [9.17, 15) is 13.2 Å². The van der Waals surface area contributed by atoms with Crippen LogP contribution in [0.15, 0.2) is 0 Å². The van der Waals surface area contributed by atoms with Gasteiger partial charge in [0.05, 0.1) is 23.2 Å². The highest BCUT2D eigenvalue weighted by Gasteiger charge is 2.53. The number of carbonyl (C=O) groups is 1. The third-order valence-corrected chi connectivity index (χ3v) is 7.59. The van der Waals surface area contributed by atoms with Crippen molar-refractivity contribution in [1.29, 1.82) is 0 Å². The lowest BCUT2D eigenvalue weighted by molar-refractivity contribution is -0.124. The molecule has 1 saturated carbocycles. The van der Waals surface area contributed by atoms with Gasteiger partial charge in [-0.1, -0.05) is 6.92 Å². The Bertz CT molecular complexity index is 585. The van der Waals surface area contributed by atoms with Crippen LogP contribution in [0.4, 0.5) is 4.79 Å². The number of hydrogen-bond donors (Lipinski definition) is 1. The number of rotatable bonds is 4. The van der Waals surface area contributed by atoms with Crippen molar-refractivity contribution >= 4 is 15.9 Å². The summed E-state index contributed by atoms with van der Waals surface area (Å²) in [5.41, 5.74) is -0.481. The number of fused-ring (bicyclic) bond motifs is 1. The topological polar surface area (TPSA) is 75.7 Å². The van der Waals surface area contributed by atoms with Crippen LogP contribution < -0.4 is 5.32 Å². The second kappa shape index (κ2) is 5.62. The summed E-state index contributed by atoms with van der Waals surface area (Å²) in [6.07, 6.45) is 3.28. The number of urea groups is 1. The van der Waals surface area contributed by atoms with E-state index in [4.69, 9.17) is 4.74 Å². The Morgan fingerprint density at radius 3 is 2.61 bits per heavy atom. The van der Waals surface area contributed by atoms with E-state index in [1.54, 1.807) is 4.90 Å². The zero-order valence-corrected chi connectivity index (χ0v) is 15.1. The van der Waals surface area contributed by atoms with Crippen molar-refractivity contribution < 1.29 is 17.9 Å². The molecule has 0 radical (unpaired) electrons. The summed E-state index contributed by atoms with van der Waals surface area (Å²) in [5.74, 6) is 0.491. The molecule has 6 nitrogen and oxygen atoms in total. The van der Waals surface area contributed by atoms with Crippen LogP contribution in [0.2, 0.25) is 0 Å². The zero-order chi connectivity index (χ0) is 16.9. The fourth-order valence-corrected chi connectivity index (χ4v) is 6.88. The standard InChI is InChI=1S/C16H28N2O4S/c1-12(2)22-16(5-4-6-16)9-17-14(19)18-7-13-8-23(20,21)11-15(13,3)10-18/h12-13H,4-11H2,1-3H3,(H,17,19)/t13-,15+/m1/s1. The highest BCUT2D eigenvalue weighted by atomic mass is 32.2. The van der Waals surface area contributed by atoms with Crippen molar-refractivity contribution in [3.8, 4) is 0 Å². The molecular weight excluding hydrogens is 316 g/mol. The monoisotopic (exact) mass is 344 g/mol. The smallest absolute Gasteiger partial charge is 0.317 e. The molecule has 7 heteroatoms. The summed E-state index contributed by atoms with van der Waals surface area (Å²) in [6, 6.07) is -0.0864. The number of ether oxygens (including phenoxy) is 1. The van der Waals surface area contributed by atoms with Crippen LogP contribution >= 0.6 is 0 Å². The van der Waals surface area contributed by atoms with E-state index in [1.807, 2.05) is 20.8 Å². The summed E-state index contributed by atoms with van der Waals surface area (Å²) < 4.78 is 29.6. The summed E-state index contributed by atoms with van der Waals surface area (Å²) in [5, 5.41) is 3.01. The molecule has 0 unspecified atom stereocenters. The molecule has 3 fully saturated rings. The van der Waals surface area contributed by atoms with Gasteiger partial charge < -0.3 is 15.0 Å². The number of nitrogens with zero attached hydrogens (tertiary/aromatic N) is 1. The molecule has 23 heavy (non-hydrogen) atoms. The summed E-state index contributed by atoms with van der Waals surface area (Å²) in [6.45, 7) is 7.64. The third-order valence-electron chi connectivity index (χ3n) is 5.58. The quantitative estimate of drug-likeness (QED) is 0.837. The molecule has 0 aromatic rings. The zero-order valence-electron chi connectivity index (χ0n) is 14.3. The second-order valence-electron chi connectivity index (χ2n) is 8.15. The Morgan fingerprint density at radius 1 is 1.39 bits per heavy atom. The van der Waals surface area contributed by atoms with Crippen molar-refractivity contribution in [1.82, 2.24) is 10.2 Å². The van der Waals surface area contributed by atoms with Crippen molar-refractivity contribution in [2.45, 2.75) is 51.7 Å². The van der Waals surface area contributed by atoms with Crippen molar-refractivity contribution in [3.63, 3.8) is 0 Å². The summed E-state index contributed by atoms with van der Waals surface area (Å²) in [7, 11) is -2.94. The molecule has 2 heterocycles. The van der Waals surface area contributed by atoms with E-state index in [2.05, 4.69) is 5.32 Å². The van der Waals surface area contributed by atoms with Crippen molar-refractivity contribution in [2.75, 3.05) is 31.1 Å². The number of nitrogens with one attached hydrogen (secondary N) is 1. The Balaban J connectivity index is 1.55. The van der Waals surface area contributed by atoms with E-state index in [1.165, 1.54) is 0 Å². The maximum atomic E-state index is 12.5. The molecule has 0 aromatic carbocycles. The van der Waals surface area contributed by atoms with Gasteiger partial charge in [-0.15, -0.1) is 0 Å². The maximum Gasteiger partial charge on any atom is 0.317 e. The number of likely N-dealkylation sites (tertiary alicyclic amines) is 1. The maximum absolute atomic E-state index is 12.5. The molecule has 0 aromatic heterocycles. The van der Waals surface area contributed by atoms with Gasteiger partial charge >= 0.3 is 6.03 Å². The fraction of sp³-hybridized carbons (Fsp3) is 0.938. The normalized spacial score (nSPS) is 34.3. The molecule has 3 rings (SSSR count). The van der Waals surface area contributed by atoms with Crippen LogP contribution in [0.1, 0.15) is 40.0 Å². The van der Waals surface area contributed by atoms with Gasteiger partial charge in [-0.05, 0) is 39.0 Å². The van der Waals surface area contributed by atoms with Crippen LogP contribution in [0.25, 0.3) is 0 Å². The number of sulfone groups is 1. The average molecular weight is 344 g/mol. The lowest BCUT2D eigenvalue weighted by Gasteiger charge is -2.43. The van der Waals surface area contributed by atoms with Gasteiger partial charge in [0.25, 0.3) is 0 Å². The Hall–Kier alpha value is -0.820. The molecule has 3 aliphatic rings. The van der Waals surface area contributed by atoms with Crippen LogP contribution in [0.3, 0.4) is 0 Å². The van der Waals surface area contributed by atoms with Gasteiger partial charge in [0, 0.05) is 25.0 Å². The highest BCUT2D eigenvalue weighted by molar-refractivity contribution is 7.91. The average Bonchev–Trinajstić information content (AvgIpc) is 2.78. The first-order valence-electron chi connectivity index (χ1n) is 8.54. The van der Waals surface area contributed by atoms with E-state index in [0.717, 1.165) is 19.3 Å². The van der Waals surface area contributed by atoms with Crippen LogP contribution in [0.5, 0.6) is 0 Å². The van der Waals surface area contributed by atoms with Crippen molar-refractivity contribution in [3.05, 3.63) is 0 Å². The first-order chi connectivity index (χ1) is 10.6. The van der Waals surface area contributed by atoms with Gasteiger partial charge in [0.15, 0.2) is 9.84 Å². The molecule has 2 saturated heterocycles. The van der Waals surface area contributed by atoms with E-state index < -0.39 is 9.84 Å². The minimum absolute atomic E-state index is 0.0721. The molecule has 0 bridgehead atoms. The van der Waals surface area contributed by atoms with Crippen LogP contribution in [-0.4, -0.2) is 62.2 Å². The molecule has 1 aliphatic carbocycles. The van der Waals surface area contributed by atoms with Crippen LogP contribution in [-0.2, 0) is 14.6 Å². The van der Waals surface area contributed by atoms with Gasteiger partial charge in [-0.3, -0.25) is 0 Å². The Labute approximate surface area is 138 Å².